The van der Waals surface area contributed by atoms with Crippen LogP contribution < -0.4 is 5.73 Å². The van der Waals surface area contributed by atoms with Gasteiger partial charge in [-0.2, -0.15) is 13.2 Å². The number of benzene rings is 1. The number of halogens is 3. The standard InChI is InChI=1S/C14H16F3N3/c1-20-12-5-3-9(14(15,16)17)7-11(12)19-13(20)8-2-4-10(18)6-8/h3,5,7-8,10H,2,4,6,18H2,1H3. The molecule has 0 saturated heterocycles. The van der Waals surface area contributed by atoms with Crippen LogP contribution in [0.1, 0.15) is 36.6 Å². The van der Waals surface area contributed by atoms with Crippen molar-refractivity contribution in [2.45, 2.75) is 37.4 Å². The molecule has 2 unspecified atom stereocenters. The Morgan fingerprint density at radius 3 is 2.65 bits per heavy atom. The number of hydrogen-bond acceptors (Lipinski definition) is 2. The molecule has 0 amide bonds. The predicted octanol–water partition coefficient (Wildman–Crippen LogP) is 3.19. The zero-order valence-electron chi connectivity index (χ0n) is 11.1. The van der Waals surface area contributed by atoms with Gasteiger partial charge in [-0.3, -0.25) is 0 Å². The summed E-state index contributed by atoms with van der Waals surface area (Å²) < 4.78 is 40.1. The van der Waals surface area contributed by atoms with E-state index in [1.165, 1.54) is 6.07 Å². The van der Waals surface area contributed by atoms with E-state index in [1.807, 2.05) is 11.6 Å². The van der Waals surface area contributed by atoms with Gasteiger partial charge in [-0.25, -0.2) is 4.98 Å². The Bertz CT molecular complexity index is 645. The molecule has 3 nitrogen and oxygen atoms in total. The Morgan fingerprint density at radius 2 is 2.05 bits per heavy atom. The number of imidazole rings is 1. The van der Waals surface area contributed by atoms with Crippen molar-refractivity contribution in [3.8, 4) is 0 Å². The normalized spacial score (nSPS) is 23.6. The van der Waals surface area contributed by atoms with Gasteiger partial charge >= 0.3 is 6.18 Å². The molecule has 1 heterocycles. The number of nitrogens with zero attached hydrogens (tertiary/aromatic N) is 2. The highest BCUT2D eigenvalue weighted by atomic mass is 19.4. The Kier molecular flexibility index (Phi) is 3.01. The summed E-state index contributed by atoms with van der Waals surface area (Å²) in [7, 11) is 1.85. The third kappa shape index (κ3) is 2.18. The summed E-state index contributed by atoms with van der Waals surface area (Å²) in [5.74, 6) is 1.09. The molecule has 1 aliphatic rings. The lowest BCUT2D eigenvalue weighted by atomic mass is 10.1. The van der Waals surface area contributed by atoms with Crippen molar-refractivity contribution in [3.63, 3.8) is 0 Å². The quantitative estimate of drug-likeness (QED) is 0.873. The highest BCUT2D eigenvalue weighted by Gasteiger charge is 2.32. The lowest BCUT2D eigenvalue weighted by Gasteiger charge is -2.09. The molecule has 1 aromatic heterocycles. The Morgan fingerprint density at radius 1 is 1.30 bits per heavy atom. The third-order valence-electron chi connectivity index (χ3n) is 4.08. The highest BCUT2D eigenvalue weighted by Crippen LogP contribution is 2.36. The van der Waals surface area contributed by atoms with Crippen LogP contribution in [-0.4, -0.2) is 15.6 Å². The Balaban J connectivity index is 2.05. The first-order valence-corrected chi connectivity index (χ1v) is 6.65. The molecular formula is C14H16F3N3. The number of hydrogen-bond donors (Lipinski definition) is 1. The van der Waals surface area contributed by atoms with Crippen LogP contribution in [-0.2, 0) is 13.2 Å². The lowest BCUT2D eigenvalue weighted by molar-refractivity contribution is -0.137. The molecular weight excluding hydrogens is 267 g/mol. The molecule has 0 spiro atoms. The minimum Gasteiger partial charge on any atom is -0.331 e. The van der Waals surface area contributed by atoms with E-state index < -0.39 is 11.7 Å². The molecule has 1 saturated carbocycles. The van der Waals surface area contributed by atoms with Crippen LogP contribution in [0.15, 0.2) is 18.2 Å². The van der Waals surface area contributed by atoms with Crippen molar-refractivity contribution in [1.82, 2.24) is 9.55 Å². The fourth-order valence-electron chi connectivity index (χ4n) is 3.01. The average Bonchev–Trinajstić information content (AvgIpc) is 2.92. The molecule has 108 valence electrons. The smallest absolute Gasteiger partial charge is 0.331 e. The second kappa shape index (κ2) is 4.48. The number of alkyl halides is 3. The van der Waals surface area contributed by atoms with Gasteiger partial charge in [0.25, 0.3) is 0 Å². The molecule has 1 fully saturated rings. The number of rotatable bonds is 1. The third-order valence-corrected chi connectivity index (χ3v) is 4.08. The van der Waals surface area contributed by atoms with Crippen molar-refractivity contribution in [2.24, 2.45) is 12.8 Å². The zero-order valence-corrected chi connectivity index (χ0v) is 11.1. The van der Waals surface area contributed by atoms with Crippen LogP contribution in [0.25, 0.3) is 11.0 Å². The first-order valence-electron chi connectivity index (χ1n) is 6.65. The maximum Gasteiger partial charge on any atom is 0.416 e. The Labute approximate surface area is 114 Å². The van der Waals surface area contributed by atoms with Gasteiger partial charge in [0.2, 0.25) is 0 Å². The van der Waals surface area contributed by atoms with Gasteiger partial charge in [-0.05, 0) is 37.5 Å². The van der Waals surface area contributed by atoms with Crippen molar-refractivity contribution < 1.29 is 13.2 Å². The van der Waals surface area contributed by atoms with Gasteiger partial charge in [0, 0.05) is 19.0 Å². The molecule has 0 aliphatic heterocycles. The summed E-state index contributed by atoms with van der Waals surface area (Å²) in [4.78, 5) is 4.41. The van der Waals surface area contributed by atoms with Crippen LogP contribution in [0, 0.1) is 0 Å². The maximum absolute atomic E-state index is 12.7. The first-order chi connectivity index (χ1) is 9.36. The number of aryl methyl sites for hydroxylation is 1. The van der Waals surface area contributed by atoms with Crippen molar-refractivity contribution >= 4 is 11.0 Å². The van der Waals surface area contributed by atoms with Crippen molar-refractivity contribution in [3.05, 3.63) is 29.6 Å². The molecule has 0 radical (unpaired) electrons. The van der Waals surface area contributed by atoms with E-state index >= 15 is 0 Å². The van der Waals surface area contributed by atoms with E-state index in [4.69, 9.17) is 5.73 Å². The SMILES string of the molecule is Cn1c(C2CCC(N)C2)nc2cc(C(F)(F)F)ccc21. The van der Waals surface area contributed by atoms with E-state index in [0.29, 0.717) is 5.52 Å². The van der Waals surface area contributed by atoms with E-state index in [-0.39, 0.29) is 12.0 Å². The summed E-state index contributed by atoms with van der Waals surface area (Å²) in [6.45, 7) is 0. The first kappa shape index (κ1) is 13.4. The molecule has 1 aliphatic carbocycles. The predicted molar refractivity (Wildman–Crippen MR) is 70.3 cm³/mol. The van der Waals surface area contributed by atoms with Gasteiger partial charge in [0.1, 0.15) is 5.82 Å². The van der Waals surface area contributed by atoms with Crippen LogP contribution in [0.5, 0.6) is 0 Å². The maximum atomic E-state index is 12.7. The fraction of sp³-hybridized carbons (Fsp3) is 0.500. The summed E-state index contributed by atoms with van der Waals surface area (Å²) in [6.07, 6.45) is -1.59. The Hall–Kier alpha value is -1.56. The number of nitrogens with two attached hydrogens (primary N) is 1. The second-order valence-corrected chi connectivity index (χ2v) is 5.50. The summed E-state index contributed by atoms with van der Waals surface area (Å²) in [5, 5.41) is 0. The minimum atomic E-state index is -4.33. The molecule has 6 heteroatoms. The van der Waals surface area contributed by atoms with Crippen molar-refractivity contribution in [1.29, 1.82) is 0 Å². The van der Waals surface area contributed by atoms with Crippen LogP contribution in [0.2, 0.25) is 0 Å². The summed E-state index contributed by atoms with van der Waals surface area (Å²) in [5.41, 5.74) is 6.38. The average molecular weight is 283 g/mol. The molecule has 1 aromatic carbocycles. The molecule has 0 bridgehead atoms. The van der Waals surface area contributed by atoms with Crippen molar-refractivity contribution in [2.75, 3.05) is 0 Å². The topological polar surface area (TPSA) is 43.8 Å². The van der Waals surface area contributed by atoms with Gasteiger partial charge in [0.05, 0.1) is 16.6 Å². The molecule has 2 aromatic rings. The number of aromatic nitrogens is 2. The lowest BCUT2D eigenvalue weighted by Crippen LogP contribution is -2.15. The van der Waals surface area contributed by atoms with E-state index in [1.54, 1.807) is 0 Å². The number of fused-ring (bicyclic) bond motifs is 1. The largest absolute Gasteiger partial charge is 0.416 e. The zero-order chi connectivity index (χ0) is 14.5. The molecule has 3 rings (SSSR count). The van der Waals surface area contributed by atoms with Gasteiger partial charge in [0.15, 0.2) is 0 Å². The van der Waals surface area contributed by atoms with E-state index in [0.717, 1.165) is 42.7 Å². The minimum absolute atomic E-state index is 0.172. The molecule has 2 atom stereocenters. The highest BCUT2D eigenvalue weighted by molar-refractivity contribution is 5.77. The van der Waals surface area contributed by atoms with E-state index in [2.05, 4.69) is 4.98 Å². The molecule has 2 N–H and O–H groups in total. The van der Waals surface area contributed by atoms with E-state index in [9.17, 15) is 13.2 Å². The van der Waals surface area contributed by atoms with Crippen LogP contribution >= 0.6 is 0 Å². The molecule has 20 heavy (non-hydrogen) atoms. The second-order valence-electron chi connectivity index (χ2n) is 5.50. The van der Waals surface area contributed by atoms with Crippen LogP contribution in [0.3, 0.4) is 0 Å². The monoisotopic (exact) mass is 283 g/mol. The van der Waals surface area contributed by atoms with Crippen LogP contribution in [0.4, 0.5) is 13.2 Å². The summed E-state index contributed by atoms with van der Waals surface area (Å²) >= 11 is 0. The van der Waals surface area contributed by atoms with Gasteiger partial charge < -0.3 is 10.3 Å². The van der Waals surface area contributed by atoms with Gasteiger partial charge in [-0.15, -0.1) is 0 Å². The fourth-order valence-corrected chi connectivity index (χ4v) is 3.01. The van der Waals surface area contributed by atoms with Gasteiger partial charge in [-0.1, -0.05) is 0 Å². The summed E-state index contributed by atoms with van der Waals surface area (Å²) in [6, 6.07) is 3.89.